The van der Waals surface area contributed by atoms with Crippen LogP contribution >= 0.6 is 0 Å². The van der Waals surface area contributed by atoms with Gasteiger partial charge in [0.2, 0.25) is 0 Å². The van der Waals surface area contributed by atoms with Crippen LogP contribution in [0.2, 0.25) is 0 Å². The smallest absolute Gasteiger partial charge is 0.394 e. The fourth-order valence-corrected chi connectivity index (χ4v) is 3.94. The number of carbonyl (C=O) groups excluding carboxylic acids is 3. The molecule has 206 valence electrons. The van der Waals surface area contributed by atoms with Crippen molar-refractivity contribution in [2.24, 2.45) is 0 Å². The van der Waals surface area contributed by atoms with Gasteiger partial charge in [0.25, 0.3) is 17.7 Å². The van der Waals surface area contributed by atoms with E-state index in [4.69, 9.17) is 4.74 Å². The second kappa shape index (κ2) is 10.6. The standard InChI is InChI=1S/C26H21F3N6O5/c1-26(28,29)40-20-5-3-2-4-15(20)11-31-25(38)19-9-18(34-23-16(27)12-32-35(19)23)24(37)30-10-14-6-7-21-17(8-14)33-22(36)13-39-21/h2-9,12H,10-11,13H2,1H3,(H,30,37)(H,31,38)(H,33,36). The van der Waals surface area contributed by atoms with Gasteiger partial charge in [-0.05, 0) is 23.8 Å². The molecule has 4 aromatic rings. The summed E-state index contributed by atoms with van der Waals surface area (Å²) in [6, 6.07) is 12.0. The molecule has 14 heteroatoms. The van der Waals surface area contributed by atoms with Gasteiger partial charge in [0.15, 0.2) is 18.1 Å². The lowest BCUT2D eigenvalue weighted by atomic mass is 10.1. The molecule has 0 bridgehead atoms. The predicted octanol–water partition coefficient (Wildman–Crippen LogP) is 3.05. The molecule has 40 heavy (non-hydrogen) atoms. The minimum Gasteiger partial charge on any atom is -0.482 e. The number of rotatable bonds is 8. The normalized spacial score (nSPS) is 12.8. The summed E-state index contributed by atoms with van der Waals surface area (Å²) < 4.78 is 52.1. The van der Waals surface area contributed by atoms with Gasteiger partial charge in [-0.15, -0.1) is 0 Å². The lowest BCUT2D eigenvalue weighted by Crippen LogP contribution is -2.29. The highest BCUT2D eigenvalue weighted by atomic mass is 19.3. The Kier molecular flexibility index (Phi) is 6.98. The van der Waals surface area contributed by atoms with E-state index in [9.17, 15) is 27.6 Å². The summed E-state index contributed by atoms with van der Waals surface area (Å²) >= 11 is 0. The molecule has 0 fully saturated rings. The van der Waals surface area contributed by atoms with Crippen molar-refractivity contribution in [3.05, 3.63) is 83.1 Å². The largest absolute Gasteiger partial charge is 0.482 e. The summed E-state index contributed by atoms with van der Waals surface area (Å²) in [7, 11) is 0. The first-order chi connectivity index (χ1) is 19.1. The molecule has 3 N–H and O–H groups in total. The summed E-state index contributed by atoms with van der Waals surface area (Å²) in [6.07, 6.45) is -2.59. The molecule has 5 rings (SSSR count). The molecule has 0 atom stereocenters. The van der Waals surface area contributed by atoms with Crippen LogP contribution in [0.25, 0.3) is 5.65 Å². The first-order valence-corrected chi connectivity index (χ1v) is 11.9. The minimum atomic E-state index is -3.44. The monoisotopic (exact) mass is 554 g/mol. The van der Waals surface area contributed by atoms with Crippen LogP contribution in [-0.4, -0.2) is 45.0 Å². The molecule has 0 radical (unpaired) electrons. The SMILES string of the molecule is CC(F)(F)Oc1ccccc1CNC(=O)c1cc(C(=O)NCc2ccc3c(c2)NC(=O)CO3)nc2c(F)cnn12. The molecule has 0 saturated heterocycles. The zero-order valence-electron chi connectivity index (χ0n) is 20.8. The number of halogens is 3. The quantitative estimate of drug-likeness (QED) is 0.305. The van der Waals surface area contributed by atoms with Crippen LogP contribution in [-0.2, 0) is 17.9 Å². The van der Waals surface area contributed by atoms with E-state index in [1.165, 1.54) is 18.2 Å². The number of nitrogens with one attached hydrogen (secondary N) is 3. The molecule has 0 unspecified atom stereocenters. The van der Waals surface area contributed by atoms with E-state index < -0.39 is 23.7 Å². The van der Waals surface area contributed by atoms with Gasteiger partial charge in [-0.3, -0.25) is 14.4 Å². The van der Waals surface area contributed by atoms with Gasteiger partial charge in [-0.25, -0.2) is 13.9 Å². The molecule has 2 aromatic heterocycles. The average molecular weight is 554 g/mol. The van der Waals surface area contributed by atoms with Crippen LogP contribution in [0.4, 0.5) is 18.9 Å². The molecular formula is C26H21F3N6O5. The van der Waals surface area contributed by atoms with Crippen molar-refractivity contribution in [1.82, 2.24) is 25.2 Å². The molecular weight excluding hydrogens is 533 g/mol. The number of amides is 3. The van der Waals surface area contributed by atoms with E-state index >= 15 is 0 Å². The highest BCUT2D eigenvalue weighted by molar-refractivity contribution is 5.98. The first-order valence-electron chi connectivity index (χ1n) is 11.9. The lowest BCUT2D eigenvalue weighted by Gasteiger charge is -2.18. The van der Waals surface area contributed by atoms with Crippen molar-refractivity contribution in [3.63, 3.8) is 0 Å². The number of anilines is 1. The molecule has 11 nitrogen and oxygen atoms in total. The third kappa shape index (κ3) is 5.80. The Hall–Kier alpha value is -5.14. The Morgan fingerprint density at radius 1 is 1.12 bits per heavy atom. The van der Waals surface area contributed by atoms with E-state index in [-0.39, 0.29) is 54.0 Å². The zero-order chi connectivity index (χ0) is 28.4. The van der Waals surface area contributed by atoms with E-state index in [1.807, 2.05) is 0 Å². The third-order valence-corrected chi connectivity index (χ3v) is 5.73. The fraction of sp³-hybridized carbons (Fsp3) is 0.192. The average Bonchev–Trinajstić information content (AvgIpc) is 3.29. The molecule has 3 heterocycles. The molecule has 1 aliphatic rings. The Labute approximate surface area is 224 Å². The Morgan fingerprint density at radius 2 is 1.90 bits per heavy atom. The maximum atomic E-state index is 14.4. The first kappa shape index (κ1) is 26.5. The zero-order valence-corrected chi connectivity index (χ0v) is 20.8. The van der Waals surface area contributed by atoms with E-state index in [0.717, 1.165) is 16.8 Å². The van der Waals surface area contributed by atoms with Gasteiger partial charge in [0.1, 0.15) is 22.9 Å². The van der Waals surface area contributed by atoms with Crippen molar-refractivity contribution < 1.29 is 37.0 Å². The number of para-hydroxylation sites is 1. The van der Waals surface area contributed by atoms with E-state index in [0.29, 0.717) is 23.9 Å². The van der Waals surface area contributed by atoms with Gasteiger partial charge in [-0.2, -0.15) is 13.9 Å². The van der Waals surface area contributed by atoms with Gasteiger partial charge in [-0.1, -0.05) is 24.3 Å². The van der Waals surface area contributed by atoms with Crippen molar-refractivity contribution in [2.45, 2.75) is 26.1 Å². The minimum absolute atomic E-state index is 0.0248. The van der Waals surface area contributed by atoms with Crippen molar-refractivity contribution in [3.8, 4) is 11.5 Å². The number of alkyl halides is 2. The van der Waals surface area contributed by atoms with Gasteiger partial charge in [0.05, 0.1) is 11.9 Å². The lowest BCUT2D eigenvalue weighted by molar-refractivity contribution is -0.159. The van der Waals surface area contributed by atoms with Gasteiger partial charge < -0.3 is 25.4 Å². The second-order valence-electron chi connectivity index (χ2n) is 8.80. The Bertz CT molecular complexity index is 1640. The predicted molar refractivity (Wildman–Crippen MR) is 134 cm³/mol. The number of fused-ring (bicyclic) bond motifs is 2. The molecule has 0 aliphatic carbocycles. The summed E-state index contributed by atoms with van der Waals surface area (Å²) in [5.74, 6) is -2.29. The maximum absolute atomic E-state index is 14.4. The third-order valence-electron chi connectivity index (χ3n) is 5.73. The van der Waals surface area contributed by atoms with Crippen LogP contribution in [0.3, 0.4) is 0 Å². The second-order valence-corrected chi connectivity index (χ2v) is 8.80. The molecule has 3 amide bonds. The highest BCUT2D eigenvalue weighted by Crippen LogP contribution is 2.28. The van der Waals surface area contributed by atoms with Crippen LogP contribution in [0.15, 0.2) is 54.7 Å². The fourth-order valence-electron chi connectivity index (χ4n) is 3.94. The van der Waals surface area contributed by atoms with E-state index in [1.54, 1.807) is 24.3 Å². The number of hydrogen-bond acceptors (Lipinski definition) is 7. The number of hydrogen-bond donors (Lipinski definition) is 3. The Morgan fingerprint density at radius 3 is 2.70 bits per heavy atom. The van der Waals surface area contributed by atoms with Gasteiger partial charge >= 0.3 is 6.11 Å². The van der Waals surface area contributed by atoms with Crippen LogP contribution in [0, 0.1) is 5.82 Å². The summed E-state index contributed by atoms with van der Waals surface area (Å²) in [6.45, 7) is 0.315. The number of benzene rings is 2. The number of ether oxygens (including phenoxy) is 2. The van der Waals surface area contributed by atoms with Gasteiger partial charge in [0, 0.05) is 31.6 Å². The van der Waals surface area contributed by atoms with Crippen LogP contribution in [0.5, 0.6) is 11.5 Å². The topological polar surface area (TPSA) is 136 Å². The van der Waals surface area contributed by atoms with Crippen LogP contribution < -0.4 is 25.4 Å². The highest BCUT2D eigenvalue weighted by Gasteiger charge is 2.25. The molecule has 1 aliphatic heterocycles. The molecule has 0 spiro atoms. The maximum Gasteiger partial charge on any atom is 0.394 e. The number of nitrogens with zero attached hydrogens (tertiary/aromatic N) is 3. The van der Waals surface area contributed by atoms with Crippen molar-refractivity contribution in [2.75, 3.05) is 11.9 Å². The van der Waals surface area contributed by atoms with Crippen LogP contribution in [0.1, 0.15) is 39.0 Å². The van der Waals surface area contributed by atoms with E-state index in [2.05, 4.69) is 30.8 Å². The Balaban J connectivity index is 1.34. The number of aromatic nitrogens is 3. The summed E-state index contributed by atoms with van der Waals surface area (Å²) in [5.41, 5.74) is 0.510. The molecule has 2 aromatic carbocycles. The van der Waals surface area contributed by atoms with Crippen molar-refractivity contribution >= 4 is 29.1 Å². The molecule has 0 saturated carbocycles. The van der Waals surface area contributed by atoms with Crippen molar-refractivity contribution in [1.29, 1.82) is 0 Å². The number of carbonyl (C=O) groups is 3. The summed E-state index contributed by atoms with van der Waals surface area (Å²) in [4.78, 5) is 41.6. The summed E-state index contributed by atoms with van der Waals surface area (Å²) in [5, 5.41) is 11.7.